The van der Waals surface area contributed by atoms with E-state index in [0.717, 1.165) is 35.1 Å². The Balaban J connectivity index is 2.54. The van der Waals surface area contributed by atoms with Crippen molar-refractivity contribution in [2.24, 2.45) is 0 Å². The minimum atomic E-state index is 0.142. The first-order valence-electron chi connectivity index (χ1n) is 7.48. The molecule has 0 aliphatic heterocycles. The molecule has 22 heavy (non-hydrogen) atoms. The van der Waals surface area contributed by atoms with Gasteiger partial charge in [0.25, 0.3) is 0 Å². The number of anilines is 2. The fourth-order valence-corrected chi connectivity index (χ4v) is 2.68. The van der Waals surface area contributed by atoms with Gasteiger partial charge in [0.05, 0.1) is 5.52 Å². The summed E-state index contributed by atoms with van der Waals surface area (Å²) in [5, 5.41) is 10.2. The zero-order valence-corrected chi connectivity index (χ0v) is 13.1. The van der Waals surface area contributed by atoms with Gasteiger partial charge in [-0.05, 0) is 31.0 Å². The Morgan fingerprint density at radius 1 is 1.36 bits per heavy atom. The number of nitrogen functional groups attached to an aromatic ring is 1. The van der Waals surface area contributed by atoms with Gasteiger partial charge in [0.15, 0.2) is 0 Å². The highest BCUT2D eigenvalue weighted by molar-refractivity contribution is 5.91. The van der Waals surface area contributed by atoms with E-state index < -0.39 is 0 Å². The Bertz CT molecular complexity index is 687. The molecule has 0 saturated carbocycles. The maximum Gasteiger partial charge on any atom is 0.222 e. The molecule has 0 saturated heterocycles. The molecule has 1 aromatic carbocycles. The van der Waals surface area contributed by atoms with E-state index in [2.05, 4.69) is 27.7 Å². The lowest BCUT2D eigenvalue weighted by molar-refractivity contribution is 0.270. The number of nitrogens with zero attached hydrogens (tertiary/aromatic N) is 3. The first-order valence-corrected chi connectivity index (χ1v) is 7.48. The number of aromatic nitrogens is 2. The number of hydrogen-bond donors (Lipinski definition) is 2. The quantitative estimate of drug-likeness (QED) is 0.800. The van der Waals surface area contributed by atoms with Crippen LogP contribution in [0.3, 0.4) is 0 Å². The topological polar surface area (TPSA) is 75.3 Å². The molecule has 5 nitrogen and oxygen atoms in total. The standard InChI is InChI=1S/C17H22N4O/c1-4-6-13(9-10-22)21(3)16-14-11-12(5-2)7-8-15(14)19-17(18)20-16/h2,7-8,11,13,22H,4,6,9-10H2,1,3H3,(H2,18,19,20). The Kier molecular flexibility index (Phi) is 5.18. The number of aliphatic hydroxyl groups excluding tert-OH is 1. The van der Waals surface area contributed by atoms with Gasteiger partial charge in [-0.15, -0.1) is 6.42 Å². The molecule has 0 fully saturated rings. The van der Waals surface area contributed by atoms with Crippen LogP contribution in [-0.2, 0) is 0 Å². The number of benzene rings is 1. The Morgan fingerprint density at radius 3 is 2.77 bits per heavy atom. The summed E-state index contributed by atoms with van der Waals surface area (Å²) in [4.78, 5) is 10.7. The van der Waals surface area contributed by atoms with Crippen LogP contribution < -0.4 is 10.6 Å². The molecular formula is C17H22N4O. The van der Waals surface area contributed by atoms with Crippen molar-refractivity contribution >= 4 is 22.7 Å². The third-order valence-corrected chi connectivity index (χ3v) is 3.83. The van der Waals surface area contributed by atoms with Crippen LogP contribution in [0.4, 0.5) is 11.8 Å². The van der Waals surface area contributed by atoms with Gasteiger partial charge in [0.1, 0.15) is 5.82 Å². The summed E-state index contributed by atoms with van der Waals surface area (Å²) in [5.41, 5.74) is 7.40. The van der Waals surface area contributed by atoms with Crippen molar-refractivity contribution in [2.45, 2.75) is 32.2 Å². The first kappa shape index (κ1) is 16.1. The van der Waals surface area contributed by atoms with E-state index >= 15 is 0 Å². The van der Waals surface area contributed by atoms with Crippen LogP contribution in [0.5, 0.6) is 0 Å². The second-order valence-electron chi connectivity index (χ2n) is 5.35. The summed E-state index contributed by atoms with van der Waals surface area (Å²) in [6, 6.07) is 5.81. The van der Waals surface area contributed by atoms with E-state index in [1.807, 2.05) is 25.2 Å². The van der Waals surface area contributed by atoms with Gasteiger partial charge in [0, 0.05) is 30.6 Å². The lowest BCUT2D eigenvalue weighted by Crippen LogP contribution is -2.33. The Hall–Kier alpha value is -2.32. The van der Waals surface area contributed by atoms with Gasteiger partial charge < -0.3 is 15.7 Å². The zero-order valence-electron chi connectivity index (χ0n) is 13.1. The van der Waals surface area contributed by atoms with E-state index in [9.17, 15) is 5.11 Å². The molecule has 0 aliphatic rings. The minimum Gasteiger partial charge on any atom is -0.396 e. The average molecular weight is 298 g/mol. The molecule has 0 amide bonds. The fourth-order valence-electron chi connectivity index (χ4n) is 2.68. The predicted molar refractivity (Wildman–Crippen MR) is 90.7 cm³/mol. The van der Waals surface area contributed by atoms with Crippen LogP contribution in [-0.4, -0.2) is 34.8 Å². The second kappa shape index (κ2) is 7.10. The highest BCUT2D eigenvalue weighted by atomic mass is 16.3. The Labute approximate surface area is 131 Å². The summed E-state index contributed by atoms with van der Waals surface area (Å²) in [6.45, 7) is 2.27. The van der Waals surface area contributed by atoms with Crippen molar-refractivity contribution in [1.29, 1.82) is 0 Å². The molecule has 0 bridgehead atoms. The minimum absolute atomic E-state index is 0.142. The van der Waals surface area contributed by atoms with Gasteiger partial charge in [-0.2, -0.15) is 4.98 Å². The maximum absolute atomic E-state index is 9.30. The van der Waals surface area contributed by atoms with Crippen LogP contribution in [0.25, 0.3) is 10.9 Å². The molecule has 1 atom stereocenters. The second-order valence-corrected chi connectivity index (χ2v) is 5.35. The molecule has 1 unspecified atom stereocenters. The molecule has 2 rings (SSSR count). The van der Waals surface area contributed by atoms with Gasteiger partial charge >= 0.3 is 0 Å². The zero-order chi connectivity index (χ0) is 16.1. The van der Waals surface area contributed by atoms with Gasteiger partial charge in [0.2, 0.25) is 5.95 Å². The third kappa shape index (κ3) is 3.29. The largest absolute Gasteiger partial charge is 0.396 e. The third-order valence-electron chi connectivity index (χ3n) is 3.83. The molecule has 2 aromatic rings. The van der Waals surface area contributed by atoms with Crippen molar-refractivity contribution in [2.75, 3.05) is 24.3 Å². The number of fused-ring (bicyclic) bond motifs is 1. The van der Waals surface area contributed by atoms with Gasteiger partial charge in [-0.1, -0.05) is 19.3 Å². The molecule has 0 radical (unpaired) electrons. The van der Waals surface area contributed by atoms with Crippen molar-refractivity contribution in [3.63, 3.8) is 0 Å². The number of terminal acetylenes is 1. The molecule has 0 aliphatic carbocycles. The van der Waals surface area contributed by atoms with E-state index in [-0.39, 0.29) is 18.6 Å². The van der Waals surface area contributed by atoms with E-state index in [1.165, 1.54) is 0 Å². The van der Waals surface area contributed by atoms with Crippen molar-refractivity contribution < 1.29 is 5.11 Å². The lowest BCUT2D eigenvalue weighted by atomic mass is 10.1. The molecule has 3 N–H and O–H groups in total. The monoisotopic (exact) mass is 298 g/mol. The number of hydrogen-bond acceptors (Lipinski definition) is 5. The van der Waals surface area contributed by atoms with Crippen molar-refractivity contribution in [3.05, 3.63) is 23.8 Å². The van der Waals surface area contributed by atoms with Gasteiger partial charge in [-0.25, -0.2) is 4.98 Å². The summed E-state index contributed by atoms with van der Waals surface area (Å²) < 4.78 is 0. The van der Waals surface area contributed by atoms with E-state index in [4.69, 9.17) is 12.2 Å². The predicted octanol–water partition coefficient (Wildman–Crippen LogP) is 2.18. The first-order chi connectivity index (χ1) is 10.6. The number of nitrogens with two attached hydrogens (primary N) is 1. The summed E-state index contributed by atoms with van der Waals surface area (Å²) in [5.74, 6) is 3.63. The van der Waals surface area contributed by atoms with E-state index in [1.54, 1.807) is 0 Å². The molecule has 0 spiro atoms. The van der Waals surface area contributed by atoms with Crippen molar-refractivity contribution in [1.82, 2.24) is 9.97 Å². The lowest BCUT2D eigenvalue weighted by Gasteiger charge is -2.29. The summed E-state index contributed by atoms with van der Waals surface area (Å²) in [7, 11) is 1.97. The van der Waals surface area contributed by atoms with Crippen LogP contribution in [0, 0.1) is 12.3 Å². The fraction of sp³-hybridized carbons (Fsp3) is 0.412. The highest BCUT2D eigenvalue weighted by Crippen LogP contribution is 2.27. The van der Waals surface area contributed by atoms with Gasteiger partial charge in [-0.3, -0.25) is 0 Å². The van der Waals surface area contributed by atoms with E-state index in [0.29, 0.717) is 6.42 Å². The summed E-state index contributed by atoms with van der Waals surface area (Å²) >= 11 is 0. The number of aliphatic hydroxyl groups is 1. The van der Waals surface area contributed by atoms with Crippen LogP contribution in [0.15, 0.2) is 18.2 Å². The molecular weight excluding hydrogens is 276 g/mol. The molecule has 5 heteroatoms. The molecule has 116 valence electrons. The molecule has 1 heterocycles. The SMILES string of the molecule is C#Cc1ccc2nc(N)nc(N(C)C(CCC)CCO)c2c1. The van der Waals surface area contributed by atoms with Crippen molar-refractivity contribution in [3.8, 4) is 12.3 Å². The number of rotatable bonds is 6. The van der Waals surface area contributed by atoms with Crippen LogP contribution in [0.2, 0.25) is 0 Å². The molecule has 1 aromatic heterocycles. The smallest absolute Gasteiger partial charge is 0.222 e. The average Bonchev–Trinajstić information content (AvgIpc) is 2.52. The highest BCUT2D eigenvalue weighted by Gasteiger charge is 2.18. The maximum atomic E-state index is 9.30. The van der Waals surface area contributed by atoms with Crippen LogP contribution >= 0.6 is 0 Å². The summed E-state index contributed by atoms with van der Waals surface area (Å²) in [6.07, 6.45) is 8.18. The normalized spacial score (nSPS) is 12.1. The Morgan fingerprint density at radius 2 is 2.14 bits per heavy atom. The van der Waals surface area contributed by atoms with Crippen LogP contribution in [0.1, 0.15) is 31.7 Å².